The van der Waals surface area contributed by atoms with Crippen LogP contribution in [0.2, 0.25) is 0 Å². The van der Waals surface area contributed by atoms with Gasteiger partial charge in [-0.15, -0.1) is 0 Å². The molecule has 2 N–H and O–H groups in total. The number of rotatable bonds is 7. The Kier molecular flexibility index (Phi) is 6.12. The first kappa shape index (κ1) is 19.5. The van der Waals surface area contributed by atoms with Crippen LogP contribution in [0.3, 0.4) is 0 Å². The smallest absolute Gasteiger partial charge is 0.335 e. The molecule has 3 rings (SSSR count). The first-order valence-electron chi connectivity index (χ1n) is 8.68. The van der Waals surface area contributed by atoms with Gasteiger partial charge in [-0.1, -0.05) is 42.5 Å². The molecule has 0 radical (unpaired) electrons. The van der Waals surface area contributed by atoms with Gasteiger partial charge in [0.2, 0.25) is 0 Å². The Bertz CT molecular complexity index is 1070. The Morgan fingerprint density at radius 2 is 1.66 bits per heavy atom. The van der Waals surface area contributed by atoms with E-state index < -0.39 is 10.9 Å². The van der Waals surface area contributed by atoms with Crippen LogP contribution in [0.1, 0.15) is 21.5 Å². The summed E-state index contributed by atoms with van der Waals surface area (Å²) in [6, 6.07) is 22.0. The third-order valence-corrected chi connectivity index (χ3v) is 4.02. The Morgan fingerprint density at radius 1 is 0.966 bits per heavy atom. The van der Waals surface area contributed by atoms with Crippen molar-refractivity contribution in [1.82, 2.24) is 0 Å². The minimum Gasteiger partial charge on any atom is -0.478 e. The standard InChI is InChI=1S/C22H17N3O4/c26-22(27)18-7-4-8-19(15-18)23-24-21(17-5-2-1-3-6-17)14-11-16-9-12-20(13-10-16)25(28)29/h1-15,23H,(H,26,27)/b14-11+,24-21-. The van der Waals surface area contributed by atoms with Gasteiger partial charge in [-0.25, -0.2) is 4.79 Å². The number of nitrogens with zero attached hydrogens (tertiary/aromatic N) is 2. The van der Waals surface area contributed by atoms with E-state index in [2.05, 4.69) is 10.5 Å². The van der Waals surface area contributed by atoms with Crippen LogP contribution >= 0.6 is 0 Å². The molecular weight excluding hydrogens is 370 g/mol. The Morgan fingerprint density at radius 3 is 2.31 bits per heavy atom. The summed E-state index contributed by atoms with van der Waals surface area (Å²) in [7, 11) is 0. The zero-order valence-electron chi connectivity index (χ0n) is 15.2. The van der Waals surface area contributed by atoms with Gasteiger partial charge in [0, 0.05) is 17.7 Å². The number of carboxylic acid groups (broad SMARTS) is 1. The van der Waals surface area contributed by atoms with E-state index in [4.69, 9.17) is 5.11 Å². The molecule has 29 heavy (non-hydrogen) atoms. The van der Waals surface area contributed by atoms with Crippen LogP contribution in [0.4, 0.5) is 11.4 Å². The molecule has 0 saturated carbocycles. The number of benzene rings is 3. The van der Waals surface area contributed by atoms with Gasteiger partial charge in [-0.3, -0.25) is 15.5 Å². The zero-order valence-corrected chi connectivity index (χ0v) is 15.2. The molecule has 3 aromatic carbocycles. The maximum atomic E-state index is 11.1. The summed E-state index contributed by atoms with van der Waals surface area (Å²) in [6.07, 6.45) is 3.58. The summed E-state index contributed by atoms with van der Waals surface area (Å²) in [5, 5.41) is 24.3. The lowest BCUT2D eigenvalue weighted by molar-refractivity contribution is -0.384. The zero-order chi connectivity index (χ0) is 20.6. The van der Waals surface area contributed by atoms with Crippen LogP contribution in [0.5, 0.6) is 0 Å². The molecule has 7 heteroatoms. The van der Waals surface area contributed by atoms with Crippen LogP contribution in [-0.2, 0) is 0 Å². The third kappa shape index (κ3) is 5.36. The molecule has 0 spiro atoms. The second kappa shape index (κ2) is 9.09. The monoisotopic (exact) mass is 387 g/mol. The van der Waals surface area contributed by atoms with Crippen LogP contribution in [0.25, 0.3) is 6.08 Å². The predicted octanol–water partition coefficient (Wildman–Crippen LogP) is 4.82. The molecule has 0 amide bonds. The van der Waals surface area contributed by atoms with E-state index in [-0.39, 0.29) is 11.3 Å². The molecule has 0 fully saturated rings. The minimum atomic E-state index is -1.01. The Labute approximate surface area is 166 Å². The number of carbonyl (C=O) groups is 1. The van der Waals surface area contributed by atoms with Crippen molar-refractivity contribution in [3.63, 3.8) is 0 Å². The highest BCUT2D eigenvalue weighted by Crippen LogP contribution is 2.15. The number of allylic oxidation sites excluding steroid dienone is 1. The average molecular weight is 387 g/mol. The number of hydrogen-bond donors (Lipinski definition) is 2. The lowest BCUT2D eigenvalue weighted by Crippen LogP contribution is -2.02. The summed E-state index contributed by atoms with van der Waals surface area (Å²) in [4.78, 5) is 21.4. The normalized spacial score (nSPS) is 11.4. The highest BCUT2D eigenvalue weighted by Gasteiger charge is 2.05. The first-order valence-corrected chi connectivity index (χ1v) is 8.68. The van der Waals surface area contributed by atoms with Gasteiger partial charge in [0.05, 0.1) is 21.9 Å². The fourth-order valence-electron chi connectivity index (χ4n) is 2.54. The second-order valence-electron chi connectivity index (χ2n) is 6.04. The van der Waals surface area contributed by atoms with Gasteiger partial charge >= 0.3 is 5.97 Å². The maximum Gasteiger partial charge on any atom is 0.335 e. The first-order chi connectivity index (χ1) is 14.0. The molecular formula is C22H17N3O4. The van der Waals surface area contributed by atoms with Crippen molar-refractivity contribution in [1.29, 1.82) is 0 Å². The Hall–Kier alpha value is -4.26. The molecule has 7 nitrogen and oxygen atoms in total. The van der Waals surface area contributed by atoms with Crippen molar-refractivity contribution < 1.29 is 14.8 Å². The van der Waals surface area contributed by atoms with Crippen LogP contribution in [0.15, 0.2) is 90.0 Å². The van der Waals surface area contributed by atoms with E-state index in [1.54, 1.807) is 36.4 Å². The van der Waals surface area contributed by atoms with Crippen molar-refractivity contribution in [3.8, 4) is 0 Å². The molecule has 0 atom stereocenters. The lowest BCUT2D eigenvalue weighted by Gasteiger charge is -2.05. The summed E-state index contributed by atoms with van der Waals surface area (Å²) in [6.45, 7) is 0. The summed E-state index contributed by atoms with van der Waals surface area (Å²) >= 11 is 0. The van der Waals surface area contributed by atoms with Gasteiger partial charge in [-0.05, 0) is 42.0 Å². The van der Waals surface area contributed by atoms with E-state index >= 15 is 0 Å². The molecule has 0 aromatic heterocycles. The maximum absolute atomic E-state index is 11.1. The largest absolute Gasteiger partial charge is 0.478 e. The molecule has 3 aromatic rings. The summed E-state index contributed by atoms with van der Waals surface area (Å²) in [5.74, 6) is -1.01. The number of carboxylic acids is 1. The van der Waals surface area contributed by atoms with Crippen LogP contribution in [0, 0.1) is 10.1 Å². The predicted molar refractivity (Wildman–Crippen MR) is 112 cm³/mol. The van der Waals surface area contributed by atoms with E-state index in [9.17, 15) is 14.9 Å². The van der Waals surface area contributed by atoms with Crippen molar-refractivity contribution in [3.05, 3.63) is 112 Å². The van der Waals surface area contributed by atoms with Crippen molar-refractivity contribution >= 4 is 29.1 Å². The number of hydrazone groups is 1. The van der Waals surface area contributed by atoms with Crippen molar-refractivity contribution in [2.45, 2.75) is 0 Å². The average Bonchev–Trinajstić information content (AvgIpc) is 2.75. The molecule has 0 aliphatic carbocycles. The van der Waals surface area contributed by atoms with Gasteiger partial charge in [0.1, 0.15) is 0 Å². The quantitative estimate of drug-likeness (QED) is 0.343. The Balaban J connectivity index is 1.87. The van der Waals surface area contributed by atoms with Gasteiger partial charge in [0.15, 0.2) is 0 Å². The number of nitro benzene ring substituents is 1. The number of aromatic carboxylic acids is 1. The molecule has 0 unspecified atom stereocenters. The highest BCUT2D eigenvalue weighted by atomic mass is 16.6. The van der Waals surface area contributed by atoms with Crippen LogP contribution < -0.4 is 5.43 Å². The van der Waals surface area contributed by atoms with Crippen molar-refractivity contribution in [2.24, 2.45) is 5.10 Å². The molecule has 0 aliphatic rings. The molecule has 0 heterocycles. The number of anilines is 1. The van der Waals surface area contributed by atoms with Gasteiger partial charge in [0.25, 0.3) is 5.69 Å². The summed E-state index contributed by atoms with van der Waals surface area (Å²) < 4.78 is 0. The minimum absolute atomic E-state index is 0.0269. The van der Waals surface area contributed by atoms with E-state index in [0.29, 0.717) is 11.4 Å². The fraction of sp³-hybridized carbons (Fsp3) is 0. The SMILES string of the molecule is O=C(O)c1cccc(N/N=C(/C=C/c2ccc([N+](=O)[O-])cc2)c2ccccc2)c1. The number of nitro groups is 1. The van der Waals surface area contributed by atoms with Crippen molar-refractivity contribution in [2.75, 3.05) is 5.43 Å². The van der Waals surface area contributed by atoms with Gasteiger partial charge < -0.3 is 5.11 Å². The lowest BCUT2D eigenvalue weighted by atomic mass is 10.1. The highest BCUT2D eigenvalue weighted by molar-refractivity contribution is 6.11. The van der Waals surface area contributed by atoms with Gasteiger partial charge in [-0.2, -0.15) is 5.10 Å². The molecule has 144 valence electrons. The van der Waals surface area contributed by atoms with E-state index in [1.165, 1.54) is 24.3 Å². The van der Waals surface area contributed by atoms with E-state index in [0.717, 1.165) is 11.1 Å². The summed E-state index contributed by atoms with van der Waals surface area (Å²) in [5.41, 5.74) is 5.87. The fourth-order valence-corrected chi connectivity index (χ4v) is 2.54. The third-order valence-electron chi connectivity index (χ3n) is 4.02. The number of hydrogen-bond acceptors (Lipinski definition) is 5. The number of nitrogens with one attached hydrogen (secondary N) is 1. The van der Waals surface area contributed by atoms with Crippen LogP contribution in [-0.4, -0.2) is 21.7 Å². The number of non-ortho nitro benzene ring substituents is 1. The van der Waals surface area contributed by atoms with E-state index in [1.807, 2.05) is 30.3 Å². The molecule has 0 bridgehead atoms. The topological polar surface area (TPSA) is 105 Å². The molecule has 0 aliphatic heterocycles. The second-order valence-corrected chi connectivity index (χ2v) is 6.04. The molecule has 0 saturated heterocycles.